The van der Waals surface area contributed by atoms with Crippen LogP contribution < -0.4 is 10.4 Å². The zero-order chi connectivity index (χ0) is 34.8. The molecule has 0 saturated carbocycles. The molecule has 0 unspecified atom stereocenters. The zero-order valence-electron chi connectivity index (χ0n) is 28.1. The number of phenolic OH excluding ortho intramolecular Hbond substituents is 1. The van der Waals surface area contributed by atoms with Crippen LogP contribution in [0.2, 0.25) is 11.4 Å². The molecule has 0 bridgehead atoms. The molecule has 4 aromatic rings. The SMILES string of the molecule is CC(C)(C)[Si](OCC1=C2[C@@H](CC/C(=C/c3cc(Br)ccc3O)c3ccccc3)OB(O)C[C@@H]2S(=O)(=O)C1)(c1ccccc1)c1ccccc1. The van der Waals surface area contributed by atoms with Crippen molar-refractivity contribution in [2.24, 2.45) is 0 Å². The average molecular weight is 758 g/mol. The van der Waals surface area contributed by atoms with Gasteiger partial charge in [0.25, 0.3) is 8.32 Å². The van der Waals surface area contributed by atoms with Crippen LogP contribution in [0.4, 0.5) is 0 Å². The quantitative estimate of drug-likeness (QED) is 0.103. The summed E-state index contributed by atoms with van der Waals surface area (Å²) < 4.78 is 41.7. The van der Waals surface area contributed by atoms with Gasteiger partial charge in [0.2, 0.25) is 0 Å². The smallest absolute Gasteiger partial charge is 0.456 e. The van der Waals surface area contributed by atoms with Crippen LogP contribution in [0.5, 0.6) is 5.75 Å². The first-order valence-electron chi connectivity index (χ1n) is 16.7. The Morgan fingerprint density at radius 1 is 0.959 bits per heavy atom. The molecule has 0 amide bonds. The Morgan fingerprint density at radius 3 is 2.14 bits per heavy atom. The number of aromatic hydroxyl groups is 1. The van der Waals surface area contributed by atoms with E-state index in [-0.39, 0.29) is 29.5 Å². The minimum Gasteiger partial charge on any atom is -0.507 e. The molecule has 0 aromatic heterocycles. The fraction of sp³-hybridized carbons (Fsp3) is 0.282. The fourth-order valence-corrected chi connectivity index (χ4v) is 14.5. The summed E-state index contributed by atoms with van der Waals surface area (Å²) in [5.74, 6) is 0.0406. The van der Waals surface area contributed by atoms with E-state index in [1.165, 1.54) is 0 Å². The molecule has 6 rings (SSSR count). The fourth-order valence-electron chi connectivity index (χ4n) is 7.43. The summed E-state index contributed by atoms with van der Waals surface area (Å²) in [6.07, 6.45) is 2.30. The van der Waals surface area contributed by atoms with Crippen molar-refractivity contribution in [3.8, 4) is 5.75 Å². The molecule has 2 aliphatic rings. The number of allylic oxidation sites excluding steroid dienone is 1. The van der Waals surface area contributed by atoms with E-state index in [1.54, 1.807) is 12.1 Å². The summed E-state index contributed by atoms with van der Waals surface area (Å²) in [6.45, 7) is 6.76. The Balaban J connectivity index is 1.38. The molecule has 254 valence electrons. The third kappa shape index (κ3) is 7.45. The second kappa shape index (κ2) is 14.5. The van der Waals surface area contributed by atoms with Crippen molar-refractivity contribution in [3.63, 3.8) is 0 Å². The van der Waals surface area contributed by atoms with Gasteiger partial charge in [-0.1, -0.05) is 128 Å². The molecule has 4 aromatic carbocycles. The van der Waals surface area contributed by atoms with Crippen LogP contribution in [-0.2, 0) is 18.9 Å². The predicted octanol–water partition coefficient (Wildman–Crippen LogP) is 7.03. The van der Waals surface area contributed by atoms with Crippen molar-refractivity contribution in [3.05, 3.63) is 136 Å². The van der Waals surface area contributed by atoms with Crippen LogP contribution >= 0.6 is 15.9 Å². The van der Waals surface area contributed by atoms with Crippen LogP contribution in [-0.4, -0.2) is 57.7 Å². The van der Waals surface area contributed by atoms with Crippen LogP contribution in [0.25, 0.3) is 11.6 Å². The summed E-state index contributed by atoms with van der Waals surface area (Å²) in [4.78, 5) is 0. The molecule has 10 heteroatoms. The van der Waals surface area contributed by atoms with E-state index in [0.29, 0.717) is 18.4 Å². The van der Waals surface area contributed by atoms with Crippen LogP contribution in [0, 0.1) is 0 Å². The monoisotopic (exact) mass is 756 g/mol. The molecular formula is C39H42BBrO6SSi. The highest BCUT2D eigenvalue weighted by Crippen LogP contribution is 2.42. The molecule has 1 saturated heterocycles. The Bertz CT molecular complexity index is 1910. The average Bonchev–Trinajstić information content (AvgIpc) is 3.34. The highest BCUT2D eigenvalue weighted by molar-refractivity contribution is 9.10. The van der Waals surface area contributed by atoms with E-state index >= 15 is 0 Å². The summed E-state index contributed by atoms with van der Waals surface area (Å²) in [5, 5.41) is 22.6. The first-order valence-corrected chi connectivity index (χ1v) is 21.1. The third-order valence-electron chi connectivity index (χ3n) is 9.67. The largest absolute Gasteiger partial charge is 0.507 e. The molecule has 0 aliphatic carbocycles. The van der Waals surface area contributed by atoms with Gasteiger partial charge in [0, 0.05) is 16.4 Å². The minimum absolute atomic E-state index is 0.00414. The summed E-state index contributed by atoms with van der Waals surface area (Å²) in [7, 11) is -7.71. The molecule has 49 heavy (non-hydrogen) atoms. The lowest BCUT2D eigenvalue weighted by molar-refractivity contribution is 0.170. The van der Waals surface area contributed by atoms with E-state index in [2.05, 4.69) is 61.0 Å². The van der Waals surface area contributed by atoms with E-state index < -0.39 is 36.6 Å². The maximum atomic E-state index is 13.7. The molecule has 0 radical (unpaired) electrons. The van der Waals surface area contributed by atoms with Crippen LogP contribution in [0.3, 0.4) is 0 Å². The topological polar surface area (TPSA) is 93.1 Å². The first-order chi connectivity index (χ1) is 23.4. The second-order valence-electron chi connectivity index (χ2n) is 13.9. The molecule has 2 atom stereocenters. The van der Waals surface area contributed by atoms with Gasteiger partial charge in [0.1, 0.15) is 5.75 Å². The molecule has 0 spiro atoms. The predicted molar refractivity (Wildman–Crippen MR) is 205 cm³/mol. The molecule has 2 N–H and O–H groups in total. The van der Waals surface area contributed by atoms with Gasteiger partial charge in [-0.2, -0.15) is 0 Å². The van der Waals surface area contributed by atoms with Gasteiger partial charge in [0.05, 0.1) is 23.7 Å². The summed E-state index contributed by atoms with van der Waals surface area (Å²) in [5.41, 5.74) is 4.06. The van der Waals surface area contributed by atoms with Crippen molar-refractivity contribution in [1.29, 1.82) is 0 Å². The number of fused-ring (bicyclic) bond motifs is 1. The van der Waals surface area contributed by atoms with Crippen molar-refractivity contribution >= 4 is 63.2 Å². The van der Waals surface area contributed by atoms with Crippen molar-refractivity contribution in [2.45, 2.75) is 56.3 Å². The van der Waals surface area contributed by atoms with Crippen LogP contribution in [0.1, 0.15) is 44.7 Å². The molecule has 2 heterocycles. The van der Waals surface area contributed by atoms with E-state index in [1.807, 2.05) is 78.9 Å². The number of rotatable bonds is 10. The number of hydrogen-bond acceptors (Lipinski definition) is 6. The lowest BCUT2D eigenvalue weighted by Crippen LogP contribution is -2.66. The Labute approximate surface area is 299 Å². The standard InChI is InChI=1S/C39H42BBrO6SSi/c1-39(2,3)49(33-15-9-5-10-16-33,34-17-11-6-12-18-34)46-26-31-27-48(44,45)37-25-40(43)47-36(38(31)37)22-19-29(28-13-7-4-8-14-28)23-30-24-32(41)20-21-35(30)42/h4-18,20-21,23-24,36-37,42-43H,19,22,25-27H2,1-3H3/b29-23-/t36-,37+/m1/s1. The number of hydrogen-bond donors (Lipinski definition) is 2. The Hall–Kier alpha value is -3.25. The minimum atomic E-state index is -3.58. The van der Waals surface area contributed by atoms with E-state index in [0.717, 1.165) is 37.1 Å². The van der Waals surface area contributed by atoms with Gasteiger partial charge in [-0.3, -0.25) is 0 Å². The maximum Gasteiger partial charge on any atom is 0.456 e. The lowest BCUT2D eigenvalue weighted by Gasteiger charge is -2.43. The van der Waals surface area contributed by atoms with Gasteiger partial charge in [-0.15, -0.1) is 0 Å². The highest BCUT2D eigenvalue weighted by Gasteiger charge is 2.52. The first kappa shape index (κ1) is 35.6. The maximum absolute atomic E-state index is 13.7. The van der Waals surface area contributed by atoms with Crippen LogP contribution in [0.15, 0.2) is 125 Å². The Kier molecular flexibility index (Phi) is 10.6. The summed E-state index contributed by atoms with van der Waals surface area (Å²) in [6, 6.07) is 35.8. The molecular weight excluding hydrogens is 715 g/mol. The van der Waals surface area contributed by atoms with Crippen molar-refractivity contribution < 1.29 is 27.6 Å². The third-order valence-corrected chi connectivity index (χ3v) is 17.2. The van der Waals surface area contributed by atoms with Gasteiger partial charge < -0.3 is 19.2 Å². The number of sulfone groups is 1. The molecule has 2 aliphatic heterocycles. The number of halogens is 1. The second-order valence-corrected chi connectivity index (χ2v) is 21.3. The molecule has 6 nitrogen and oxygen atoms in total. The summed E-state index contributed by atoms with van der Waals surface area (Å²) >= 11 is 3.51. The highest BCUT2D eigenvalue weighted by atomic mass is 79.9. The van der Waals surface area contributed by atoms with E-state index in [9.17, 15) is 18.5 Å². The van der Waals surface area contributed by atoms with Gasteiger partial charge >= 0.3 is 7.12 Å². The van der Waals surface area contributed by atoms with Crippen molar-refractivity contribution in [1.82, 2.24) is 0 Å². The Morgan fingerprint density at radius 2 is 1.55 bits per heavy atom. The number of phenols is 1. The van der Waals surface area contributed by atoms with Gasteiger partial charge in [0.15, 0.2) is 9.84 Å². The normalized spacial score (nSPS) is 19.6. The molecule has 1 fully saturated rings. The van der Waals surface area contributed by atoms with E-state index in [4.69, 9.17) is 9.08 Å². The van der Waals surface area contributed by atoms with Gasteiger partial charge in [-0.05, 0) is 74.8 Å². The lowest BCUT2D eigenvalue weighted by atomic mass is 9.74. The van der Waals surface area contributed by atoms with Crippen molar-refractivity contribution in [2.75, 3.05) is 12.4 Å². The number of benzene rings is 4. The zero-order valence-corrected chi connectivity index (χ0v) is 31.5. The van der Waals surface area contributed by atoms with Gasteiger partial charge in [-0.25, -0.2) is 8.42 Å².